The second kappa shape index (κ2) is 14.8. The molecule has 1 aliphatic heterocycles. The molecule has 244 valence electrons. The van der Waals surface area contributed by atoms with E-state index in [9.17, 15) is 30.3 Å². The summed E-state index contributed by atoms with van der Waals surface area (Å²) in [4.78, 5) is 13.3. The lowest BCUT2D eigenvalue weighted by Gasteiger charge is -2.39. The van der Waals surface area contributed by atoms with E-state index in [0.717, 1.165) is 18.2 Å². The summed E-state index contributed by atoms with van der Waals surface area (Å²) in [5.74, 6) is -3.54. The van der Waals surface area contributed by atoms with E-state index in [4.69, 9.17) is 29.4 Å². The molecule has 46 heavy (non-hydrogen) atoms. The predicted molar refractivity (Wildman–Crippen MR) is 158 cm³/mol. The maximum absolute atomic E-state index is 13.3. The van der Waals surface area contributed by atoms with Crippen LogP contribution >= 0.6 is 0 Å². The molecule has 3 aromatic carbocycles. The number of carbonyl (C=O) groups is 1. The van der Waals surface area contributed by atoms with Gasteiger partial charge in [0.25, 0.3) is 0 Å². The molecule has 3 atom stereocenters. The van der Waals surface area contributed by atoms with Gasteiger partial charge in [0.05, 0.1) is 56.9 Å². The fourth-order valence-electron chi connectivity index (χ4n) is 4.88. The quantitative estimate of drug-likeness (QED) is 0.0664. The highest BCUT2D eigenvalue weighted by Gasteiger charge is 2.45. The molecule has 5 rings (SSSR count). The largest absolute Gasteiger partial charge is 0.508 e. The number of phenols is 5. The smallest absolute Gasteiger partial charge is 0.338 e. The summed E-state index contributed by atoms with van der Waals surface area (Å²) in [6, 6.07) is 12.7. The van der Waals surface area contributed by atoms with E-state index in [-0.39, 0.29) is 34.8 Å². The third-order valence-electron chi connectivity index (χ3n) is 7.01. The van der Waals surface area contributed by atoms with Crippen molar-refractivity contribution in [3.63, 3.8) is 0 Å². The lowest BCUT2D eigenvalue weighted by molar-refractivity contribution is -0.116. The summed E-state index contributed by atoms with van der Waals surface area (Å²) in [7, 11) is 0. The molecule has 0 saturated heterocycles. The van der Waals surface area contributed by atoms with Crippen LogP contribution in [0.1, 0.15) is 39.4 Å². The van der Waals surface area contributed by atoms with Crippen molar-refractivity contribution in [2.75, 3.05) is 33.0 Å². The van der Waals surface area contributed by atoms with Gasteiger partial charge in [0.2, 0.25) is 0 Å². The van der Waals surface area contributed by atoms with Gasteiger partial charge in [-0.3, -0.25) is 0 Å². The van der Waals surface area contributed by atoms with Gasteiger partial charge >= 0.3 is 5.97 Å². The van der Waals surface area contributed by atoms with E-state index in [2.05, 4.69) is 10.3 Å². The summed E-state index contributed by atoms with van der Waals surface area (Å²) in [5.41, 5.74) is 6.18. The molecule has 4 aromatic rings. The van der Waals surface area contributed by atoms with Crippen molar-refractivity contribution in [2.24, 2.45) is 5.73 Å². The molecule has 2 heterocycles. The third-order valence-corrected chi connectivity index (χ3v) is 7.01. The van der Waals surface area contributed by atoms with Gasteiger partial charge < -0.3 is 55.0 Å². The number of phenolic OH excluding ortho intramolecular Hbond substituents is 5. The average Bonchev–Trinajstić information content (AvgIpc) is 3.50. The van der Waals surface area contributed by atoms with E-state index in [1.54, 1.807) is 41.2 Å². The second-order valence-corrected chi connectivity index (χ2v) is 10.3. The monoisotopic (exact) mass is 638 g/mol. The zero-order chi connectivity index (χ0) is 32.6. The van der Waals surface area contributed by atoms with Crippen molar-refractivity contribution >= 4 is 5.97 Å². The Kier molecular flexibility index (Phi) is 10.4. The topological polar surface area (TPSA) is 221 Å². The third kappa shape index (κ3) is 7.58. The normalized spacial score (nSPS) is 17.3. The van der Waals surface area contributed by atoms with Crippen molar-refractivity contribution in [2.45, 2.75) is 31.5 Å². The van der Waals surface area contributed by atoms with E-state index >= 15 is 0 Å². The molecular formula is C31H34N4O11. The van der Waals surface area contributed by atoms with Gasteiger partial charge in [-0.1, -0.05) is 23.4 Å². The maximum Gasteiger partial charge on any atom is 0.338 e. The predicted octanol–water partition coefficient (Wildman–Crippen LogP) is 2.42. The molecule has 0 spiro atoms. The fourth-order valence-corrected chi connectivity index (χ4v) is 4.88. The Morgan fingerprint density at radius 1 is 0.913 bits per heavy atom. The van der Waals surface area contributed by atoms with Crippen molar-refractivity contribution < 1.29 is 54.0 Å². The van der Waals surface area contributed by atoms with Crippen LogP contribution in [0.15, 0.2) is 60.8 Å². The summed E-state index contributed by atoms with van der Waals surface area (Å²) in [5, 5.41) is 59.8. The Labute approximate surface area is 262 Å². The molecule has 15 nitrogen and oxygen atoms in total. The van der Waals surface area contributed by atoms with Crippen LogP contribution in [0.2, 0.25) is 0 Å². The van der Waals surface area contributed by atoms with Crippen LogP contribution in [-0.4, -0.2) is 85.6 Å². The van der Waals surface area contributed by atoms with Gasteiger partial charge in [-0.2, -0.15) is 0 Å². The first-order valence-electron chi connectivity index (χ1n) is 14.3. The Morgan fingerprint density at radius 3 is 2.35 bits per heavy atom. The number of aromatic hydroxyl groups is 5. The number of nitrogens with two attached hydrogens (primary N) is 1. The molecule has 0 bridgehead atoms. The molecule has 0 saturated carbocycles. The van der Waals surface area contributed by atoms with Crippen LogP contribution in [-0.2, 0) is 32.1 Å². The maximum atomic E-state index is 13.3. The molecule has 7 N–H and O–H groups in total. The Balaban J connectivity index is 1.42. The first-order valence-corrected chi connectivity index (χ1v) is 14.3. The minimum atomic E-state index is -1.33. The average molecular weight is 639 g/mol. The van der Waals surface area contributed by atoms with Gasteiger partial charge in [0.15, 0.2) is 29.5 Å². The number of esters is 1. The number of benzene rings is 3. The minimum absolute atomic E-state index is 0.0113. The number of fused-ring (bicyclic) bond motifs is 1. The van der Waals surface area contributed by atoms with Crippen LogP contribution in [0.5, 0.6) is 34.5 Å². The number of carbonyl (C=O) groups excluding carboxylic acids is 1. The zero-order valence-corrected chi connectivity index (χ0v) is 24.6. The van der Waals surface area contributed by atoms with Gasteiger partial charge in [-0.15, -0.1) is 5.10 Å². The second-order valence-electron chi connectivity index (χ2n) is 10.3. The van der Waals surface area contributed by atoms with Crippen LogP contribution in [0, 0.1) is 0 Å². The number of hydrogen-bond donors (Lipinski definition) is 6. The van der Waals surface area contributed by atoms with Crippen molar-refractivity contribution in [1.29, 1.82) is 0 Å². The van der Waals surface area contributed by atoms with E-state index in [1.807, 2.05) is 0 Å². The number of aromatic nitrogens is 3. The first kappa shape index (κ1) is 32.3. The van der Waals surface area contributed by atoms with Gasteiger partial charge in [0.1, 0.15) is 29.0 Å². The Morgan fingerprint density at radius 2 is 1.63 bits per heavy atom. The molecule has 3 unspecified atom stereocenters. The number of ether oxygens (including phenoxy) is 5. The van der Waals surface area contributed by atoms with E-state index in [1.165, 1.54) is 6.07 Å². The number of hydrogen-bond acceptors (Lipinski definition) is 14. The molecule has 1 aromatic heterocycles. The summed E-state index contributed by atoms with van der Waals surface area (Å²) >= 11 is 0. The standard InChI is InChI=1S/C31H34N4O11/c32-6-8-42-10-11-43-9-7-35-16-20(33-34-35)17-44-29-26-22(37)14-21(36)15-25(26)45-28(19-12-23(38)27(40)24(39)13-19)30(29)46-31(41)18-4-2-1-3-5-18/h1-5,12-16,28-30,36-40H,6-11,17,32H2. The van der Waals surface area contributed by atoms with Crippen molar-refractivity contribution in [3.05, 3.63) is 83.2 Å². The van der Waals surface area contributed by atoms with Crippen LogP contribution in [0.25, 0.3) is 0 Å². The molecule has 0 radical (unpaired) electrons. The lowest BCUT2D eigenvalue weighted by Crippen LogP contribution is -2.39. The molecular weight excluding hydrogens is 604 g/mol. The van der Waals surface area contributed by atoms with Crippen molar-refractivity contribution in [1.82, 2.24) is 15.0 Å². The van der Waals surface area contributed by atoms with Crippen LogP contribution in [0.3, 0.4) is 0 Å². The van der Waals surface area contributed by atoms with Gasteiger partial charge in [-0.05, 0) is 24.3 Å². The summed E-state index contributed by atoms with van der Waals surface area (Å²) in [6.07, 6.45) is -2.17. The molecule has 0 aliphatic carbocycles. The first-order chi connectivity index (χ1) is 22.2. The molecule has 15 heteroatoms. The minimum Gasteiger partial charge on any atom is -0.508 e. The highest BCUT2D eigenvalue weighted by molar-refractivity contribution is 5.89. The van der Waals surface area contributed by atoms with Crippen LogP contribution in [0.4, 0.5) is 0 Å². The Hall–Kier alpha value is -5.09. The number of nitrogens with zero attached hydrogens (tertiary/aromatic N) is 3. The molecule has 0 amide bonds. The van der Waals surface area contributed by atoms with Crippen LogP contribution < -0.4 is 10.5 Å². The van der Waals surface area contributed by atoms with Gasteiger partial charge in [-0.25, -0.2) is 9.48 Å². The van der Waals surface area contributed by atoms with Gasteiger partial charge in [0, 0.05) is 24.2 Å². The highest BCUT2D eigenvalue weighted by atomic mass is 16.6. The van der Waals surface area contributed by atoms with Crippen molar-refractivity contribution in [3.8, 4) is 34.5 Å². The molecule has 0 fully saturated rings. The fraction of sp³-hybridized carbons (Fsp3) is 0.323. The number of rotatable bonds is 14. The Bertz CT molecular complexity index is 1610. The summed E-state index contributed by atoms with van der Waals surface area (Å²) < 4.78 is 30.7. The summed E-state index contributed by atoms with van der Waals surface area (Å²) in [6.45, 7) is 2.31. The SMILES string of the molecule is NCCOCCOCCn1cc(COC2c3c(O)cc(O)cc3OC(c3cc(O)c(O)c(O)c3)C2OC(=O)c2ccccc2)nn1. The van der Waals surface area contributed by atoms with E-state index < -0.39 is 47.3 Å². The zero-order valence-electron chi connectivity index (χ0n) is 24.6. The lowest BCUT2D eigenvalue weighted by atomic mass is 9.90. The molecule has 1 aliphatic rings. The van der Waals surface area contributed by atoms with E-state index in [0.29, 0.717) is 45.2 Å². The highest BCUT2D eigenvalue weighted by Crippen LogP contribution is 2.51.